The van der Waals surface area contributed by atoms with E-state index in [1.807, 2.05) is 13.0 Å². The van der Waals surface area contributed by atoms with Crippen molar-refractivity contribution in [1.82, 2.24) is 14.9 Å². The van der Waals surface area contributed by atoms with Crippen LogP contribution in [0.5, 0.6) is 5.75 Å². The predicted molar refractivity (Wildman–Crippen MR) is 105 cm³/mol. The highest BCUT2D eigenvalue weighted by Crippen LogP contribution is 2.24. The van der Waals surface area contributed by atoms with Crippen molar-refractivity contribution in [3.8, 4) is 5.75 Å². The Balaban J connectivity index is 1.77. The Morgan fingerprint density at radius 2 is 1.93 bits per heavy atom. The highest BCUT2D eigenvalue weighted by molar-refractivity contribution is 6.32. The number of amides is 1. The molecule has 7 heteroatoms. The molecule has 0 bridgehead atoms. The number of nitrogens with zero attached hydrogens (tertiary/aromatic N) is 2. The molecular formula is C20H20ClN3O3. The van der Waals surface area contributed by atoms with Gasteiger partial charge in [-0.2, -0.15) is 0 Å². The first-order valence-electron chi connectivity index (χ1n) is 8.67. The average Bonchev–Trinajstić information content (AvgIpc) is 2.67. The molecule has 0 saturated heterocycles. The molecule has 0 aliphatic carbocycles. The van der Waals surface area contributed by atoms with Gasteiger partial charge in [0, 0.05) is 6.54 Å². The number of nitrogens with one attached hydrogen (secondary N) is 1. The first-order chi connectivity index (χ1) is 13.0. The topological polar surface area (TPSA) is 75.3 Å². The summed E-state index contributed by atoms with van der Waals surface area (Å²) in [6.07, 6.45) is -0.725. The van der Waals surface area contributed by atoms with Crippen molar-refractivity contribution in [2.45, 2.75) is 26.5 Å². The molecule has 0 spiro atoms. The summed E-state index contributed by atoms with van der Waals surface area (Å²) in [7, 11) is 0. The van der Waals surface area contributed by atoms with Gasteiger partial charge >= 0.3 is 0 Å². The lowest BCUT2D eigenvalue weighted by Gasteiger charge is -2.24. The maximum Gasteiger partial charge on any atom is 0.263 e. The highest BCUT2D eigenvalue weighted by atomic mass is 35.5. The van der Waals surface area contributed by atoms with Crippen LogP contribution in [0.25, 0.3) is 10.9 Å². The van der Waals surface area contributed by atoms with Gasteiger partial charge in [0.25, 0.3) is 11.5 Å². The Kier molecular flexibility index (Phi) is 5.76. The Morgan fingerprint density at radius 1 is 1.22 bits per heavy atom. The molecule has 0 radical (unpaired) electrons. The molecule has 140 valence electrons. The van der Waals surface area contributed by atoms with E-state index in [9.17, 15) is 9.59 Å². The number of para-hydroxylation sites is 2. The van der Waals surface area contributed by atoms with Crippen molar-refractivity contribution < 1.29 is 9.53 Å². The number of carbonyl (C=O) groups excluding carboxylic acids is 1. The van der Waals surface area contributed by atoms with Gasteiger partial charge in [0.1, 0.15) is 11.6 Å². The minimum atomic E-state index is -0.725. The Bertz CT molecular complexity index is 1020. The molecule has 1 aromatic heterocycles. The molecule has 1 heterocycles. The number of rotatable bonds is 6. The summed E-state index contributed by atoms with van der Waals surface area (Å²) in [6, 6.07) is 14.1. The van der Waals surface area contributed by atoms with Gasteiger partial charge in [-0.1, -0.05) is 35.9 Å². The number of H-pyrrole nitrogens is 1. The number of benzene rings is 2. The van der Waals surface area contributed by atoms with E-state index >= 15 is 0 Å². The molecule has 3 rings (SSSR count). The van der Waals surface area contributed by atoms with Crippen molar-refractivity contribution >= 4 is 28.4 Å². The van der Waals surface area contributed by atoms with Gasteiger partial charge < -0.3 is 14.6 Å². The fourth-order valence-electron chi connectivity index (χ4n) is 2.77. The second kappa shape index (κ2) is 8.22. The SMILES string of the molecule is CCN(Cc1nc2ccccc2c(=O)[nH]1)C(=O)C(C)Oc1ccccc1Cl. The summed E-state index contributed by atoms with van der Waals surface area (Å²) in [6.45, 7) is 4.17. The van der Waals surface area contributed by atoms with Crippen LogP contribution in [0.2, 0.25) is 5.02 Å². The molecule has 3 aromatic rings. The number of fused-ring (bicyclic) bond motifs is 1. The van der Waals surface area contributed by atoms with E-state index in [4.69, 9.17) is 16.3 Å². The Hall–Kier alpha value is -2.86. The monoisotopic (exact) mass is 385 g/mol. The Morgan fingerprint density at radius 3 is 2.67 bits per heavy atom. The number of carbonyl (C=O) groups is 1. The van der Waals surface area contributed by atoms with Crippen LogP contribution in [0.4, 0.5) is 0 Å². The van der Waals surface area contributed by atoms with Gasteiger partial charge in [-0.05, 0) is 38.1 Å². The third-order valence-electron chi connectivity index (χ3n) is 4.18. The van der Waals surface area contributed by atoms with Crippen LogP contribution in [0.15, 0.2) is 53.3 Å². The summed E-state index contributed by atoms with van der Waals surface area (Å²) in [5, 5.41) is 0.965. The number of aromatic amines is 1. The van der Waals surface area contributed by atoms with Crippen molar-refractivity contribution in [1.29, 1.82) is 0 Å². The first-order valence-corrected chi connectivity index (χ1v) is 9.05. The quantitative estimate of drug-likeness (QED) is 0.705. The number of likely N-dealkylation sites (N-methyl/N-ethyl adjacent to an activating group) is 1. The molecule has 27 heavy (non-hydrogen) atoms. The fraction of sp³-hybridized carbons (Fsp3) is 0.250. The van der Waals surface area contributed by atoms with Crippen molar-refractivity contribution in [3.05, 3.63) is 69.7 Å². The number of ether oxygens (including phenoxy) is 1. The lowest BCUT2D eigenvalue weighted by molar-refractivity contribution is -0.138. The van der Waals surface area contributed by atoms with E-state index in [1.54, 1.807) is 54.3 Å². The molecule has 0 aliphatic rings. The Labute approximate surface area is 161 Å². The second-order valence-electron chi connectivity index (χ2n) is 6.07. The normalized spacial score (nSPS) is 12.0. The van der Waals surface area contributed by atoms with Crippen LogP contribution in [0.1, 0.15) is 19.7 Å². The predicted octanol–water partition coefficient (Wildman–Crippen LogP) is 3.39. The highest BCUT2D eigenvalue weighted by Gasteiger charge is 2.22. The third kappa shape index (κ3) is 4.28. The second-order valence-corrected chi connectivity index (χ2v) is 6.48. The van der Waals surface area contributed by atoms with Gasteiger partial charge in [-0.25, -0.2) is 4.98 Å². The maximum absolute atomic E-state index is 12.8. The van der Waals surface area contributed by atoms with Gasteiger partial charge in [0.15, 0.2) is 6.10 Å². The van der Waals surface area contributed by atoms with Crippen molar-refractivity contribution in [2.75, 3.05) is 6.54 Å². The molecule has 0 aliphatic heterocycles. The number of halogens is 1. The minimum Gasteiger partial charge on any atom is -0.479 e. The van der Waals surface area contributed by atoms with Gasteiger partial charge in [0.2, 0.25) is 0 Å². The number of hydrogen-bond donors (Lipinski definition) is 1. The largest absolute Gasteiger partial charge is 0.479 e. The molecule has 1 N–H and O–H groups in total. The van der Waals surface area contributed by atoms with Gasteiger partial charge in [-0.15, -0.1) is 0 Å². The summed E-state index contributed by atoms with van der Waals surface area (Å²) in [4.78, 5) is 33.8. The lowest BCUT2D eigenvalue weighted by atomic mass is 10.2. The minimum absolute atomic E-state index is 0.186. The summed E-state index contributed by atoms with van der Waals surface area (Å²) in [5.41, 5.74) is 0.375. The van der Waals surface area contributed by atoms with Crippen LogP contribution < -0.4 is 10.3 Å². The summed E-state index contributed by atoms with van der Waals surface area (Å²) >= 11 is 6.09. The third-order valence-corrected chi connectivity index (χ3v) is 4.50. The smallest absolute Gasteiger partial charge is 0.263 e. The molecule has 1 amide bonds. The zero-order valence-electron chi connectivity index (χ0n) is 15.1. The van der Waals surface area contributed by atoms with Gasteiger partial charge in [0.05, 0.1) is 22.5 Å². The average molecular weight is 386 g/mol. The number of aromatic nitrogens is 2. The van der Waals surface area contributed by atoms with E-state index in [0.29, 0.717) is 34.0 Å². The molecule has 0 fully saturated rings. The molecule has 1 unspecified atom stereocenters. The summed E-state index contributed by atoms with van der Waals surface area (Å²) < 4.78 is 5.71. The van der Waals surface area contributed by atoms with Crippen LogP contribution in [0, 0.1) is 0 Å². The summed E-state index contributed by atoms with van der Waals surface area (Å²) in [5.74, 6) is 0.667. The fourth-order valence-corrected chi connectivity index (χ4v) is 2.95. The van der Waals surface area contributed by atoms with E-state index < -0.39 is 6.10 Å². The molecular weight excluding hydrogens is 366 g/mol. The van der Waals surface area contributed by atoms with Crippen LogP contribution in [-0.4, -0.2) is 33.4 Å². The zero-order valence-corrected chi connectivity index (χ0v) is 15.9. The van der Waals surface area contributed by atoms with Gasteiger partial charge in [-0.3, -0.25) is 9.59 Å². The van der Waals surface area contributed by atoms with Crippen LogP contribution in [0.3, 0.4) is 0 Å². The maximum atomic E-state index is 12.8. The van der Waals surface area contributed by atoms with Crippen LogP contribution >= 0.6 is 11.6 Å². The lowest BCUT2D eigenvalue weighted by Crippen LogP contribution is -2.40. The molecule has 1 atom stereocenters. The van der Waals surface area contributed by atoms with Crippen LogP contribution in [-0.2, 0) is 11.3 Å². The molecule has 6 nitrogen and oxygen atoms in total. The van der Waals surface area contributed by atoms with Crippen molar-refractivity contribution in [2.24, 2.45) is 0 Å². The molecule has 0 saturated carbocycles. The standard InChI is InChI=1S/C20H20ClN3O3/c1-3-24(20(26)13(2)27-17-11-7-5-9-15(17)21)12-18-22-16-10-6-4-8-14(16)19(25)23-18/h4-11,13H,3,12H2,1-2H3,(H,22,23,25). The zero-order chi connectivity index (χ0) is 19.4. The van der Waals surface area contributed by atoms with E-state index in [1.165, 1.54) is 0 Å². The van der Waals surface area contributed by atoms with E-state index in [0.717, 1.165) is 0 Å². The number of hydrogen-bond acceptors (Lipinski definition) is 4. The first kappa shape index (κ1) is 18.9. The van der Waals surface area contributed by atoms with Crippen molar-refractivity contribution in [3.63, 3.8) is 0 Å². The van der Waals surface area contributed by atoms with E-state index in [2.05, 4.69) is 9.97 Å². The van der Waals surface area contributed by atoms with E-state index in [-0.39, 0.29) is 18.0 Å². The molecule has 2 aromatic carbocycles.